The molecule has 3 heteroatoms. The smallest absolute Gasteiger partial charge is 0.311 e. The second kappa shape index (κ2) is 8.71. The molecule has 0 saturated carbocycles. The van der Waals surface area contributed by atoms with Gasteiger partial charge in [-0.05, 0) is 12.8 Å². The summed E-state index contributed by atoms with van der Waals surface area (Å²) in [5.41, 5.74) is 0. The quantitative estimate of drug-likeness (QED) is 0.276. The number of allylic oxidation sites excluding steroid dienone is 1. The van der Waals surface area contributed by atoms with E-state index in [4.69, 9.17) is 4.74 Å². The molecular weight excluding hydrogens is 164 g/mol. The van der Waals surface area contributed by atoms with Gasteiger partial charge >= 0.3 is 6.02 Å². The van der Waals surface area contributed by atoms with E-state index in [-0.39, 0.29) is 0 Å². The largest absolute Gasteiger partial charge is 0.467 e. The molecule has 0 aromatic carbocycles. The first-order chi connectivity index (χ1) is 6.35. The average molecular weight is 180 g/mol. The highest BCUT2D eigenvalue weighted by atomic mass is 16.5. The van der Waals surface area contributed by atoms with Gasteiger partial charge in [0.25, 0.3) is 0 Å². The van der Waals surface area contributed by atoms with Gasteiger partial charge in [0.1, 0.15) is 0 Å². The summed E-state index contributed by atoms with van der Waals surface area (Å²) in [6.45, 7) is 7.69. The first-order valence-electron chi connectivity index (χ1n) is 4.18. The van der Waals surface area contributed by atoms with Crippen molar-refractivity contribution < 1.29 is 4.74 Å². The van der Waals surface area contributed by atoms with Crippen molar-refractivity contribution >= 4 is 12.2 Å². The Kier molecular flexibility index (Phi) is 7.79. The van der Waals surface area contributed by atoms with E-state index in [1.54, 1.807) is 19.4 Å². The Hall–Kier alpha value is -1.38. The van der Waals surface area contributed by atoms with E-state index in [1.807, 2.05) is 6.08 Å². The number of ether oxygens (including phenoxy) is 1. The molecular formula is C10H16N2O. The van der Waals surface area contributed by atoms with Gasteiger partial charge in [-0.2, -0.15) is 0 Å². The van der Waals surface area contributed by atoms with Gasteiger partial charge in [0.15, 0.2) is 0 Å². The van der Waals surface area contributed by atoms with Gasteiger partial charge in [0.2, 0.25) is 0 Å². The molecule has 0 aromatic rings. The van der Waals surface area contributed by atoms with Crippen molar-refractivity contribution in [3.05, 3.63) is 25.3 Å². The zero-order valence-electron chi connectivity index (χ0n) is 8.07. The molecule has 3 nitrogen and oxygen atoms in total. The number of unbranched alkanes of at least 4 members (excludes halogenated alkanes) is 1. The molecule has 0 aromatic heterocycles. The monoisotopic (exact) mass is 180 g/mol. The van der Waals surface area contributed by atoms with Gasteiger partial charge in [-0.3, -0.25) is 0 Å². The average Bonchev–Trinajstić information content (AvgIpc) is 2.17. The van der Waals surface area contributed by atoms with Crippen LogP contribution >= 0.6 is 0 Å². The van der Waals surface area contributed by atoms with Crippen LogP contribution in [0.2, 0.25) is 0 Å². The molecule has 0 amide bonds. The van der Waals surface area contributed by atoms with E-state index in [2.05, 4.69) is 23.1 Å². The molecule has 13 heavy (non-hydrogen) atoms. The summed E-state index contributed by atoms with van der Waals surface area (Å²) >= 11 is 0. The fourth-order valence-corrected chi connectivity index (χ4v) is 0.636. The van der Waals surface area contributed by atoms with E-state index < -0.39 is 0 Å². The van der Waals surface area contributed by atoms with Crippen LogP contribution in [0.25, 0.3) is 0 Å². The van der Waals surface area contributed by atoms with Crippen LogP contribution in [0, 0.1) is 0 Å². The van der Waals surface area contributed by atoms with Crippen molar-refractivity contribution in [2.75, 3.05) is 13.7 Å². The molecule has 0 aliphatic heterocycles. The zero-order chi connectivity index (χ0) is 9.94. The van der Waals surface area contributed by atoms with E-state index >= 15 is 0 Å². The first-order valence-corrected chi connectivity index (χ1v) is 4.18. The van der Waals surface area contributed by atoms with Crippen molar-refractivity contribution in [1.29, 1.82) is 0 Å². The minimum absolute atomic E-state index is 0.393. The Morgan fingerprint density at radius 3 is 2.62 bits per heavy atom. The maximum absolute atomic E-state index is 4.91. The number of nitrogens with zero attached hydrogens (tertiary/aromatic N) is 2. The van der Waals surface area contributed by atoms with Crippen LogP contribution in [-0.4, -0.2) is 25.9 Å². The predicted molar refractivity (Wildman–Crippen MR) is 57.4 cm³/mol. The third kappa shape index (κ3) is 7.00. The van der Waals surface area contributed by atoms with E-state index in [1.165, 1.54) is 0 Å². The van der Waals surface area contributed by atoms with Crippen molar-refractivity contribution in [2.45, 2.75) is 12.8 Å². The number of rotatable bonds is 5. The third-order valence-corrected chi connectivity index (χ3v) is 1.24. The number of amidine groups is 1. The number of hydrogen-bond donors (Lipinski definition) is 0. The fraction of sp³-hybridized carbons (Fsp3) is 0.400. The Morgan fingerprint density at radius 2 is 2.08 bits per heavy atom. The SMILES string of the molecule is C=CCC/C=N\C(=N/CC=C)OC. The normalized spacial score (nSPS) is 11.6. The van der Waals surface area contributed by atoms with Crippen molar-refractivity contribution in [1.82, 2.24) is 0 Å². The number of aliphatic imine (C=N–C) groups is 2. The number of hydrogen-bond acceptors (Lipinski definition) is 2. The Morgan fingerprint density at radius 1 is 1.31 bits per heavy atom. The highest BCUT2D eigenvalue weighted by Gasteiger charge is 1.89. The molecule has 0 fully saturated rings. The maximum Gasteiger partial charge on any atom is 0.311 e. The highest BCUT2D eigenvalue weighted by molar-refractivity contribution is 5.83. The van der Waals surface area contributed by atoms with E-state index in [0.29, 0.717) is 12.6 Å². The van der Waals surface area contributed by atoms with Gasteiger partial charge in [-0.25, -0.2) is 9.98 Å². The molecule has 0 saturated heterocycles. The van der Waals surface area contributed by atoms with Crippen molar-refractivity contribution in [2.24, 2.45) is 9.98 Å². The summed E-state index contributed by atoms with van der Waals surface area (Å²) in [7, 11) is 1.55. The molecule has 72 valence electrons. The van der Waals surface area contributed by atoms with Crippen LogP contribution in [0.15, 0.2) is 35.3 Å². The molecule has 0 N–H and O–H groups in total. The molecule has 0 radical (unpaired) electrons. The van der Waals surface area contributed by atoms with E-state index in [9.17, 15) is 0 Å². The fourth-order valence-electron chi connectivity index (χ4n) is 0.636. The molecule has 0 atom stereocenters. The number of methoxy groups -OCH3 is 1. The van der Waals surface area contributed by atoms with Crippen LogP contribution in [-0.2, 0) is 4.74 Å². The van der Waals surface area contributed by atoms with Gasteiger partial charge in [0, 0.05) is 6.21 Å². The standard InChI is InChI=1S/C10H16N2O/c1-4-6-7-9-12-10(13-3)11-8-5-2/h4-5,9H,1-2,6-8H2,3H3/b11-10+,12-9-. The van der Waals surface area contributed by atoms with E-state index in [0.717, 1.165) is 12.8 Å². The summed E-state index contributed by atoms with van der Waals surface area (Å²) in [6.07, 6.45) is 7.09. The Balaban J connectivity index is 3.88. The van der Waals surface area contributed by atoms with Crippen LogP contribution < -0.4 is 0 Å². The van der Waals surface area contributed by atoms with Crippen molar-refractivity contribution in [3.63, 3.8) is 0 Å². The summed E-state index contributed by atoms with van der Waals surface area (Å²) < 4.78 is 4.91. The van der Waals surface area contributed by atoms with Crippen LogP contribution in [0.3, 0.4) is 0 Å². The van der Waals surface area contributed by atoms with Crippen LogP contribution in [0.1, 0.15) is 12.8 Å². The predicted octanol–water partition coefficient (Wildman–Crippen LogP) is 2.21. The molecule has 0 aliphatic carbocycles. The van der Waals surface area contributed by atoms with Crippen LogP contribution in [0.4, 0.5) is 0 Å². The van der Waals surface area contributed by atoms with Gasteiger partial charge in [-0.15, -0.1) is 13.2 Å². The highest BCUT2D eigenvalue weighted by Crippen LogP contribution is 1.88. The lowest BCUT2D eigenvalue weighted by Gasteiger charge is -1.95. The first kappa shape index (κ1) is 11.6. The van der Waals surface area contributed by atoms with Crippen molar-refractivity contribution in [3.8, 4) is 0 Å². The lowest BCUT2D eigenvalue weighted by atomic mass is 10.3. The Labute approximate surface area is 79.5 Å². The zero-order valence-corrected chi connectivity index (χ0v) is 8.07. The Bertz CT molecular complexity index is 207. The maximum atomic E-state index is 4.91. The minimum atomic E-state index is 0.393. The lowest BCUT2D eigenvalue weighted by molar-refractivity contribution is 0.395. The van der Waals surface area contributed by atoms with Gasteiger partial charge in [0.05, 0.1) is 13.7 Å². The molecule has 0 aliphatic rings. The summed E-state index contributed by atoms with van der Waals surface area (Å²) in [5, 5.41) is 0. The summed E-state index contributed by atoms with van der Waals surface area (Å²) in [5.74, 6) is 0. The summed E-state index contributed by atoms with van der Waals surface area (Å²) in [4.78, 5) is 8.04. The minimum Gasteiger partial charge on any atom is -0.467 e. The molecule has 0 unspecified atom stereocenters. The molecule has 0 bridgehead atoms. The molecule has 0 rings (SSSR count). The van der Waals surface area contributed by atoms with Gasteiger partial charge < -0.3 is 4.74 Å². The lowest BCUT2D eigenvalue weighted by Crippen LogP contribution is -1.98. The molecule has 0 heterocycles. The third-order valence-electron chi connectivity index (χ3n) is 1.24. The van der Waals surface area contributed by atoms with Gasteiger partial charge in [-0.1, -0.05) is 12.2 Å². The second-order valence-corrected chi connectivity index (χ2v) is 2.29. The van der Waals surface area contributed by atoms with Crippen LogP contribution in [0.5, 0.6) is 0 Å². The second-order valence-electron chi connectivity index (χ2n) is 2.29. The molecule has 0 spiro atoms. The summed E-state index contributed by atoms with van der Waals surface area (Å²) in [6, 6.07) is 0.393. The topological polar surface area (TPSA) is 34.0 Å².